The number of nitrogens with zero attached hydrogens (tertiary/aromatic N) is 2. The molecule has 3 N–H and O–H groups in total. The minimum atomic E-state index is -0.546. The molecule has 0 unspecified atom stereocenters. The summed E-state index contributed by atoms with van der Waals surface area (Å²) in [4.78, 5) is 20.8. The van der Waals surface area contributed by atoms with Crippen LogP contribution < -0.4 is 20.5 Å². The first-order chi connectivity index (χ1) is 13.1. The summed E-state index contributed by atoms with van der Waals surface area (Å²) in [5.74, 6) is 2.11. The number of hydrogen-bond acceptors (Lipinski definition) is 6. The van der Waals surface area contributed by atoms with Gasteiger partial charge in [0.1, 0.15) is 11.5 Å². The first-order valence-corrected chi connectivity index (χ1v) is 10.2. The topological polar surface area (TPSA) is 99.4 Å². The summed E-state index contributed by atoms with van der Waals surface area (Å²) < 4.78 is 12.5. The summed E-state index contributed by atoms with van der Waals surface area (Å²) in [7, 11) is 1.64. The van der Waals surface area contributed by atoms with Gasteiger partial charge in [-0.05, 0) is 47.1 Å². The Balaban J connectivity index is 2.45. The van der Waals surface area contributed by atoms with Crippen molar-refractivity contribution in [3.8, 4) is 17.2 Å². The molecule has 8 heteroatoms. The number of nitrogen functional groups attached to an aromatic ring is 1. The van der Waals surface area contributed by atoms with Gasteiger partial charge in [-0.2, -0.15) is 4.98 Å². The minimum Gasteiger partial charge on any atom is -0.496 e. The molecule has 0 aliphatic carbocycles. The van der Waals surface area contributed by atoms with E-state index in [1.54, 1.807) is 7.11 Å². The monoisotopic (exact) mass is 498 g/mol. The molecular formula is C20H27IN4O3. The van der Waals surface area contributed by atoms with E-state index < -0.39 is 5.41 Å². The maximum absolute atomic E-state index is 12.6. The summed E-state index contributed by atoms with van der Waals surface area (Å²) in [5.41, 5.74) is 6.16. The molecule has 0 saturated heterocycles. The predicted octanol–water partition coefficient (Wildman–Crippen LogP) is 4.96. The summed E-state index contributed by atoms with van der Waals surface area (Å²) in [5, 5.41) is 2.83. The second kappa shape index (κ2) is 8.93. The quantitative estimate of drug-likeness (QED) is 0.524. The third-order valence-corrected chi connectivity index (χ3v) is 5.47. The van der Waals surface area contributed by atoms with Crippen molar-refractivity contribution in [2.45, 2.75) is 47.0 Å². The number of carbonyl (C=O) groups excluding carboxylic acids is 1. The van der Waals surface area contributed by atoms with Gasteiger partial charge in [-0.3, -0.25) is 4.79 Å². The van der Waals surface area contributed by atoms with Crippen LogP contribution in [0.15, 0.2) is 18.3 Å². The fourth-order valence-electron chi connectivity index (χ4n) is 2.35. The lowest BCUT2D eigenvalue weighted by Gasteiger charge is -2.22. The molecule has 152 valence electrons. The van der Waals surface area contributed by atoms with Gasteiger partial charge in [-0.1, -0.05) is 34.6 Å². The van der Waals surface area contributed by atoms with Crippen LogP contribution in [0.3, 0.4) is 0 Å². The lowest BCUT2D eigenvalue weighted by atomic mass is 9.89. The Morgan fingerprint density at radius 1 is 1.29 bits per heavy atom. The average Bonchev–Trinajstić information content (AvgIpc) is 2.63. The molecule has 0 radical (unpaired) electrons. The van der Waals surface area contributed by atoms with Gasteiger partial charge in [0.15, 0.2) is 11.6 Å². The van der Waals surface area contributed by atoms with Crippen LogP contribution in [-0.2, 0) is 4.79 Å². The number of benzene rings is 1. The van der Waals surface area contributed by atoms with Crippen LogP contribution in [0.5, 0.6) is 17.2 Å². The number of carbonyl (C=O) groups is 1. The van der Waals surface area contributed by atoms with Gasteiger partial charge in [-0.25, -0.2) is 4.98 Å². The van der Waals surface area contributed by atoms with E-state index >= 15 is 0 Å². The molecule has 28 heavy (non-hydrogen) atoms. The van der Waals surface area contributed by atoms with Crippen molar-refractivity contribution in [3.05, 3.63) is 27.5 Å². The lowest BCUT2D eigenvalue weighted by Crippen LogP contribution is -2.30. The van der Waals surface area contributed by atoms with Gasteiger partial charge >= 0.3 is 0 Å². The second-order valence-electron chi connectivity index (χ2n) is 7.41. The van der Waals surface area contributed by atoms with Crippen molar-refractivity contribution in [3.63, 3.8) is 0 Å². The lowest BCUT2D eigenvalue weighted by molar-refractivity contribution is -0.124. The number of aromatic nitrogens is 2. The first kappa shape index (κ1) is 22.2. The Labute approximate surface area is 179 Å². The fraction of sp³-hybridized carbons (Fsp3) is 0.450. The normalized spacial score (nSPS) is 11.4. The zero-order valence-corrected chi connectivity index (χ0v) is 19.2. The van der Waals surface area contributed by atoms with Gasteiger partial charge in [0.25, 0.3) is 0 Å². The van der Waals surface area contributed by atoms with Crippen molar-refractivity contribution in [2.24, 2.45) is 5.41 Å². The van der Waals surface area contributed by atoms with E-state index in [-0.39, 0.29) is 23.6 Å². The van der Waals surface area contributed by atoms with Crippen LogP contribution in [0.4, 0.5) is 11.8 Å². The number of amides is 1. The predicted molar refractivity (Wildman–Crippen MR) is 119 cm³/mol. The molecule has 1 aromatic heterocycles. The maximum atomic E-state index is 12.6. The van der Waals surface area contributed by atoms with E-state index in [2.05, 4.69) is 51.7 Å². The van der Waals surface area contributed by atoms with Crippen LogP contribution in [0.2, 0.25) is 0 Å². The molecule has 0 aliphatic heterocycles. The third-order valence-electron chi connectivity index (χ3n) is 4.63. The number of ether oxygens (including phenoxy) is 2. The largest absolute Gasteiger partial charge is 0.496 e. The van der Waals surface area contributed by atoms with Crippen LogP contribution in [0.1, 0.15) is 52.5 Å². The van der Waals surface area contributed by atoms with Gasteiger partial charge in [-0.15, -0.1) is 0 Å². The molecule has 0 aliphatic rings. The van der Waals surface area contributed by atoms with E-state index in [0.717, 1.165) is 14.9 Å². The van der Waals surface area contributed by atoms with Crippen molar-refractivity contribution < 1.29 is 14.3 Å². The number of anilines is 2. The summed E-state index contributed by atoms with van der Waals surface area (Å²) >= 11 is 2.19. The molecule has 1 aromatic carbocycles. The Hall–Kier alpha value is -2.10. The van der Waals surface area contributed by atoms with Crippen LogP contribution in [0, 0.1) is 8.99 Å². The highest BCUT2D eigenvalue weighted by Gasteiger charge is 2.27. The highest BCUT2D eigenvalue weighted by Crippen LogP contribution is 2.38. The number of methoxy groups -OCH3 is 1. The fourth-order valence-corrected chi connectivity index (χ4v) is 3.01. The second-order valence-corrected chi connectivity index (χ2v) is 8.58. The number of halogens is 1. The van der Waals surface area contributed by atoms with Crippen LogP contribution >= 0.6 is 22.6 Å². The molecule has 1 amide bonds. The standard InChI is InChI=1S/C20H27IN4O3/c1-7-20(4,5)18(26)24-17-16(10-23-19(22)25-17)28-14-9-13(21)15(27-6)8-12(14)11(2)3/h8-11H,7H2,1-6H3,(H3,22,23,24,25,26). The Kier molecular flexibility index (Phi) is 7.08. The van der Waals surface area contributed by atoms with Crippen LogP contribution in [-0.4, -0.2) is 23.0 Å². The molecular weight excluding hydrogens is 471 g/mol. The Morgan fingerprint density at radius 2 is 1.96 bits per heavy atom. The number of nitrogens with one attached hydrogen (secondary N) is 1. The van der Waals surface area contributed by atoms with E-state index in [4.69, 9.17) is 15.2 Å². The summed E-state index contributed by atoms with van der Waals surface area (Å²) in [6, 6.07) is 3.85. The molecule has 0 fully saturated rings. The average molecular weight is 498 g/mol. The molecule has 1 heterocycles. The molecule has 0 saturated carbocycles. The van der Waals surface area contributed by atoms with Gasteiger partial charge < -0.3 is 20.5 Å². The minimum absolute atomic E-state index is 0.0605. The van der Waals surface area contributed by atoms with Gasteiger partial charge in [0, 0.05) is 11.0 Å². The number of nitrogens with two attached hydrogens (primary N) is 1. The van der Waals surface area contributed by atoms with Gasteiger partial charge in [0.05, 0.1) is 16.9 Å². The highest BCUT2D eigenvalue weighted by atomic mass is 127. The van der Waals surface area contributed by atoms with Crippen molar-refractivity contribution in [1.82, 2.24) is 9.97 Å². The van der Waals surface area contributed by atoms with E-state index in [0.29, 0.717) is 17.9 Å². The molecule has 7 nitrogen and oxygen atoms in total. The van der Waals surface area contributed by atoms with Crippen LogP contribution in [0.25, 0.3) is 0 Å². The van der Waals surface area contributed by atoms with Crippen molar-refractivity contribution >= 4 is 40.3 Å². The van der Waals surface area contributed by atoms with Crippen molar-refractivity contribution in [1.29, 1.82) is 0 Å². The zero-order chi connectivity index (χ0) is 21.1. The molecule has 2 aromatic rings. The molecule has 0 bridgehead atoms. The van der Waals surface area contributed by atoms with E-state index in [1.807, 2.05) is 32.9 Å². The number of hydrogen-bond donors (Lipinski definition) is 2. The first-order valence-electron chi connectivity index (χ1n) is 9.08. The Morgan fingerprint density at radius 3 is 2.54 bits per heavy atom. The summed E-state index contributed by atoms with van der Waals surface area (Å²) in [6.45, 7) is 9.84. The zero-order valence-electron chi connectivity index (χ0n) is 17.1. The third kappa shape index (κ3) is 5.03. The smallest absolute Gasteiger partial charge is 0.231 e. The van der Waals surface area contributed by atoms with Crippen molar-refractivity contribution in [2.75, 3.05) is 18.2 Å². The van der Waals surface area contributed by atoms with E-state index in [9.17, 15) is 4.79 Å². The summed E-state index contributed by atoms with van der Waals surface area (Å²) in [6.07, 6.45) is 2.15. The molecule has 2 rings (SSSR count). The Bertz CT molecular complexity index is 869. The maximum Gasteiger partial charge on any atom is 0.231 e. The SMILES string of the molecule is CCC(C)(C)C(=O)Nc1nc(N)ncc1Oc1cc(I)c(OC)cc1C(C)C. The number of rotatable bonds is 7. The molecule has 0 atom stereocenters. The van der Waals surface area contributed by atoms with E-state index in [1.165, 1.54) is 6.20 Å². The molecule has 0 spiro atoms. The highest BCUT2D eigenvalue weighted by molar-refractivity contribution is 14.1. The van der Waals surface area contributed by atoms with Gasteiger partial charge in [0.2, 0.25) is 11.9 Å².